The van der Waals surface area contributed by atoms with Crippen LogP contribution in [0.3, 0.4) is 0 Å². The highest BCUT2D eigenvalue weighted by atomic mass is 35.5. The van der Waals surface area contributed by atoms with Crippen LogP contribution in [0.15, 0.2) is 42.5 Å². The van der Waals surface area contributed by atoms with Crippen molar-refractivity contribution in [1.29, 1.82) is 0 Å². The fourth-order valence-electron chi connectivity index (χ4n) is 3.69. The average molecular weight is 476 g/mol. The molecule has 2 heterocycles. The first-order chi connectivity index (χ1) is 15.7. The van der Waals surface area contributed by atoms with Crippen LogP contribution in [0.2, 0.25) is 5.02 Å². The number of carbonyl (C=O) groups is 2. The highest BCUT2D eigenvalue weighted by Gasteiger charge is 2.25. The minimum absolute atomic E-state index is 0.249. The Labute approximate surface area is 193 Å². The lowest BCUT2D eigenvalue weighted by Crippen LogP contribution is -2.33. The van der Waals surface area contributed by atoms with Crippen LogP contribution in [0.5, 0.6) is 11.5 Å². The third-order valence-electron chi connectivity index (χ3n) is 5.39. The largest absolute Gasteiger partial charge is 0.486 e. The van der Waals surface area contributed by atoms with Crippen LogP contribution < -0.4 is 9.47 Å². The molecule has 33 heavy (non-hydrogen) atoms. The van der Waals surface area contributed by atoms with E-state index in [9.17, 15) is 18.4 Å². The summed E-state index contributed by atoms with van der Waals surface area (Å²) in [6, 6.07) is 10.4. The van der Waals surface area contributed by atoms with Gasteiger partial charge in [0.1, 0.15) is 6.61 Å². The molecular formula is C24H20ClF2NO5. The molecule has 3 aromatic rings. The number of aromatic nitrogens is 1. The molecule has 0 amide bonds. The van der Waals surface area contributed by atoms with Gasteiger partial charge in [0.25, 0.3) is 0 Å². The summed E-state index contributed by atoms with van der Waals surface area (Å²) < 4.78 is 45.3. The lowest BCUT2D eigenvalue weighted by molar-refractivity contribution is 0.0474. The van der Waals surface area contributed by atoms with E-state index < -0.39 is 30.0 Å². The zero-order valence-corrected chi connectivity index (χ0v) is 18.6. The van der Waals surface area contributed by atoms with Gasteiger partial charge < -0.3 is 18.8 Å². The van der Waals surface area contributed by atoms with Crippen molar-refractivity contribution in [3.05, 3.63) is 81.6 Å². The first-order valence-corrected chi connectivity index (χ1v) is 10.5. The Morgan fingerprint density at radius 1 is 1.09 bits per heavy atom. The Kier molecular flexibility index (Phi) is 6.37. The number of carbonyl (C=O) groups excluding carboxylic acids is 2. The van der Waals surface area contributed by atoms with Gasteiger partial charge in [-0.25, -0.2) is 13.6 Å². The van der Waals surface area contributed by atoms with Crippen LogP contribution in [0.4, 0.5) is 8.78 Å². The number of benzene rings is 2. The summed E-state index contributed by atoms with van der Waals surface area (Å²) in [5.41, 5.74) is 1.53. The fraction of sp³-hybridized carbons (Fsp3) is 0.250. The number of Topliss-reactive ketones (excluding diaryl/α,β-unsaturated/α-hetero) is 1. The molecule has 0 bridgehead atoms. The van der Waals surface area contributed by atoms with Crippen LogP contribution in [-0.4, -0.2) is 35.6 Å². The average Bonchev–Trinajstić information content (AvgIpc) is 3.08. The highest BCUT2D eigenvalue weighted by Crippen LogP contribution is 2.31. The molecule has 4 rings (SSSR count). The molecule has 0 fully saturated rings. The van der Waals surface area contributed by atoms with Crippen LogP contribution >= 0.6 is 11.6 Å². The molecule has 0 saturated heterocycles. The Bertz CT molecular complexity index is 1240. The normalized spacial score (nSPS) is 14.8. The Balaban J connectivity index is 1.43. The van der Waals surface area contributed by atoms with E-state index >= 15 is 0 Å². The summed E-state index contributed by atoms with van der Waals surface area (Å²) in [6.45, 7) is 3.89. The van der Waals surface area contributed by atoms with Gasteiger partial charge in [-0.15, -0.1) is 0 Å². The third kappa shape index (κ3) is 4.71. The summed E-state index contributed by atoms with van der Waals surface area (Å²) >= 11 is 5.78. The van der Waals surface area contributed by atoms with E-state index in [0.717, 1.165) is 5.69 Å². The van der Waals surface area contributed by atoms with Crippen molar-refractivity contribution in [2.75, 3.05) is 13.2 Å². The van der Waals surface area contributed by atoms with E-state index in [2.05, 4.69) is 0 Å². The Hall–Kier alpha value is -3.39. The van der Waals surface area contributed by atoms with E-state index in [-0.39, 0.29) is 16.7 Å². The van der Waals surface area contributed by atoms with Crippen molar-refractivity contribution in [2.24, 2.45) is 0 Å². The molecule has 172 valence electrons. The maximum atomic E-state index is 13.4. The van der Waals surface area contributed by atoms with Crippen molar-refractivity contribution in [3.63, 3.8) is 0 Å². The van der Waals surface area contributed by atoms with Crippen molar-refractivity contribution < 1.29 is 32.6 Å². The molecule has 0 spiro atoms. The van der Waals surface area contributed by atoms with Crippen molar-refractivity contribution in [1.82, 2.24) is 4.57 Å². The second-order valence-corrected chi connectivity index (χ2v) is 8.05. The van der Waals surface area contributed by atoms with Crippen molar-refractivity contribution >= 4 is 23.4 Å². The zero-order chi connectivity index (χ0) is 23.7. The van der Waals surface area contributed by atoms with Gasteiger partial charge in [-0.05, 0) is 44.2 Å². The second-order valence-electron chi connectivity index (χ2n) is 7.64. The van der Waals surface area contributed by atoms with E-state index in [1.165, 1.54) is 0 Å². The number of ketones is 1. The molecule has 1 aromatic heterocycles. The number of para-hydroxylation sites is 2. The van der Waals surface area contributed by atoms with E-state index in [1.54, 1.807) is 13.0 Å². The molecule has 0 saturated carbocycles. The van der Waals surface area contributed by atoms with Crippen molar-refractivity contribution in [3.8, 4) is 11.5 Å². The molecule has 0 N–H and O–H groups in total. The maximum Gasteiger partial charge on any atom is 0.340 e. The predicted molar refractivity (Wildman–Crippen MR) is 116 cm³/mol. The molecule has 1 atom stereocenters. The third-order valence-corrected chi connectivity index (χ3v) is 5.70. The SMILES string of the molecule is Cc1cc(C(=O)COC(=O)c2cc(F)c(F)cc2Cl)c(C)n1C[C@H]1COc2ccccc2O1. The molecule has 1 aliphatic heterocycles. The second kappa shape index (κ2) is 9.23. The molecular weight excluding hydrogens is 456 g/mol. The summed E-state index contributed by atoms with van der Waals surface area (Å²) in [4.78, 5) is 24.9. The van der Waals surface area contributed by atoms with Gasteiger partial charge >= 0.3 is 5.97 Å². The number of ether oxygens (including phenoxy) is 3. The lowest BCUT2D eigenvalue weighted by atomic mass is 10.1. The zero-order valence-electron chi connectivity index (χ0n) is 17.9. The number of fused-ring (bicyclic) bond motifs is 1. The molecule has 1 aliphatic rings. The monoisotopic (exact) mass is 475 g/mol. The number of aryl methyl sites for hydroxylation is 1. The number of nitrogens with zero attached hydrogens (tertiary/aromatic N) is 1. The van der Waals surface area contributed by atoms with Gasteiger partial charge in [-0.1, -0.05) is 23.7 Å². The number of esters is 1. The van der Waals surface area contributed by atoms with E-state index in [0.29, 0.717) is 48.0 Å². The quantitative estimate of drug-likeness (QED) is 0.288. The van der Waals surface area contributed by atoms with Crippen LogP contribution in [0.1, 0.15) is 32.1 Å². The topological polar surface area (TPSA) is 66.8 Å². The fourth-order valence-corrected chi connectivity index (χ4v) is 3.91. The molecule has 9 heteroatoms. The number of rotatable bonds is 6. The van der Waals surface area contributed by atoms with Crippen LogP contribution in [0, 0.1) is 25.5 Å². The van der Waals surface area contributed by atoms with Gasteiger partial charge in [0.2, 0.25) is 5.78 Å². The number of hydrogen-bond acceptors (Lipinski definition) is 5. The van der Waals surface area contributed by atoms with Crippen molar-refractivity contribution in [2.45, 2.75) is 26.5 Å². The predicted octanol–water partition coefficient (Wildman–Crippen LogP) is 4.92. The summed E-state index contributed by atoms with van der Waals surface area (Å²) in [6.07, 6.45) is -0.249. The number of hydrogen-bond donors (Lipinski definition) is 0. The van der Waals surface area contributed by atoms with Crippen LogP contribution in [0.25, 0.3) is 0 Å². The van der Waals surface area contributed by atoms with Gasteiger partial charge in [0, 0.05) is 17.0 Å². The molecule has 2 aromatic carbocycles. The maximum absolute atomic E-state index is 13.4. The Morgan fingerprint density at radius 3 is 2.55 bits per heavy atom. The number of halogens is 3. The standard InChI is InChI=1S/C24H20ClF2NO5/c1-13-7-16(21(29)12-32-24(30)17-8-19(26)20(27)9-18(17)25)14(2)28(13)10-15-11-31-22-5-3-4-6-23(22)33-15/h3-9,15H,10-12H2,1-2H3/t15-/m0/s1. The first kappa shape index (κ1) is 22.8. The summed E-state index contributed by atoms with van der Waals surface area (Å²) in [7, 11) is 0. The van der Waals surface area contributed by atoms with Gasteiger partial charge in [0.15, 0.2) is 35.8 Å². The minimum Gasteiger partial charge on any atom is -0.486 e. The lowest BCUT2D eigenvalue weighted by Gasteiger charge is -2.27. The molecule has 0 aliphatic carbocycles. The summed E-state index contributed by atoms with van der Waals surface area (Å²) in [5, 5.41) is -0.305. The van der Waals surface area contributed by atoms with Crippen LogP contribution in [-0.2, 0) is 11.3 Å². The molecule has 0 radical (unpaired) electrons. The van der Waals surface area contributed by atoms with Gasteiger partial charge in [0.05, 0.1) is 17.1 Å². The van der Waals surface area contributed by atoms with Gasteiger partial charge in [-0.3, -0.25) is 4.79 Å². The minimum atomic E-state index is -1.24. The highest BCUT2D eigenvalue weighted by molar-refractivity contribution is 6.33. The Morgan fingerprint density at radius 2 is 1.79 bits per heavy atom. The molecule has 0 unspecified atom stereocenters. The van der Waals surface area contributed by atoms with Gasteiger partial charge in [-0.2, -0.15) is 0 Å². The smallest absolute Gasteiger partial charge is 0.340 e. The summed E-state index contributed by atoms with van der Waals surface area (Å²) in [5.74, 6) is -2.53. The molecule has 6 nitrogen and oxygen atoms in total. The first-order valence-electron chi connectivity index (χ1n) is 10.1. The van der Waals surface area contributed by atoms with E-state index in [4.69, 9.17) is 25.8 Å². The van der Waals surface area contributed by atoms with E-state index in [1.807, 2.05) is 35.8 Å².